The number of allylic oxidation sites excluding steroid dienone is 1. The highest BCUT2D eigenvalue weighted by atomic mass is 16.7. The first-order valence-corrected chi connectivity index (χ1v) is 5.78. The van der Waals surface area contributed by atoms with Crippen LogP contribution in [0, 0.1) is 10.1 Å². The van der Waals surface area contributed by atoms with E-state index in [2.05, 4.69) is 10.3 Å². The lowest BCUT2D eigenvalue weighted by Crippen LogP contribution is -2.27. The van der Waals surface area contributed by atoms with Crippen molar-refractivity contribution in [2.75, 3.05) is 41.5 Å². The Morgan fingerprint density at radius 3 is 2.20 bits per heavy atom. The molecule has 9 heteroatoms. The molecule has 0 aromatic carbocycles. The maximum absolute atomic E-state index is 10.8. The fourth-order valence-electron chi connectivity index (χ4n) is 1.14. The van der Waals surface area contributed by atoms with Crippen molar-refractivity contribution in [3.05, 3.63) is 22.0 Å². The molecule has 0 aliphatic heterocycles. The normalized spacial score (nSPS) is 12.6. The first-order chi connectivity index (χ1) is 9.58. The van der Waals surface area contributed by atoms with Crippen LogP contribution in [0.3, 0.4) is 0 Å². The molecule has 0 bridgehead atoms. The fourth-order valence-corrected chi connectivity index (χ4v) is 1.14. The summed E-state index contributed by atoms with van der Waals surface area (Å²) in [6, 6.07) is 0. The maximum atomic E-state index is 10.8. The van der Waals surface area contributed by atoms with Gasteiger partial charge in [0.25, 0.3) is 0 Å². The molecule has 0 aliphatic rings. The molecule has 0 amide bonds. The highest BCUT2D eigenvalue weighted by molar-refractivity contribution is 5.75. The van der Waals surface area contributed by atoms with Gasteiger partial charge in [0, 0.05) is 28.4 Å². The van der Waals surface area contributed by atoms with Gasteiger partial charge < -0.3 is 24.3 Å². The molecular formula is C11H21N3O6. The van der Waals surface area contributed by atoms with Crippen LogP contribution >= 0.6 is 0 Å². The van der Waals surface area contributed by atoms with Crippen LogP contribution in [0.4, 0.5) is 0 Å². The monoisotopic (exact) mass is 291 g/mol. The van der Waals surface area contributed by atoms with Crippen LogP contribution in [0.2, 0.25) is 0 Å². The quantitative estimate of drug-likeness (QED) is 0.247. The van der Waals surface area contributed by atoms with Gasteiger partial charge in [-0.25, -0.2) is 0 Å². The van der Waals surface area contributed by atoms with Crippen LogP contribution in [-0.4, -0.2) is 65.2 Å². The van der Waals surface area contributed by atoms with Gasteiger partial charge in [-0.05, 0) is 0 Å². The zero-order valence-electron chi connectivity index (χ0n) is 12.1. The van der Waals surface area contributed by atoms with Crippen LogP contribution < -0.4 is 5.32 Å². The van der Waals surface area contributed by atoms with Crippen molar-refractivity contribution in [1.29, 1.82) is 0 Å². The lowest BCUT2D eigenvalue weighted by Gasteiger charge is -2.12. The highest BCUT2D eigenvalue weighted by Crippen LogP contribution is 1.95. The van der Waals surface area contributed by atoms with Gasteiger partial charge in [0.1, 0.15) is 6.21 Å². The van der Waals surface area contributed by atoms with Crippen molar-refractivity contribution in [2.45, 2.75) is 12.6 Å². The molecule has 0 aliphatic carbocycles. The van der Waals surface area contributed by atoms with E-state index in [0.717, 1.165) is 6.21 Å². The third-order valence-electron chi connectivity index (χ3n) is 2.27. The lowest BCUT2D eigenvalue weighted by molar-refractivity contribution is -0.414. The average molecular weight is 291 g/mol. The van der Waals surface area contributed by atoms with E-state index < -0.39 is 17.5 Å². The average Bonchev–Trinajstić information content (AvgIpc) is 2.45. The van der Waals surface area contributed by atoms with E-state index in [1.54, 1.807) is 0 Å². The minimum atomic E-state index is -0.556. The van der Waals surface area contributed by atoms with Crippen LogP contribution in [0.15, 0.2) is 16.9 Å². The summed E-state index contributed by atoms with van der Waals surface area (Å²) in [4.78, 5) is 14.1. The van der Waals surface area contributed by atoms with E-state index in [4.69, 9.17) is 18.9 Å². The second-order valence-corrected chi connectivity index (χ2v) is 3.53. The van der Waals surface area contributed by atoms with Crippen LogP contribution in [0.5, 0.6) is 0 Å². The molecule has 0 rings (SSSR count). The molecule has 0 unspecified atom stereocenters. The summed E-state index contributed by atoms with van der Waals surface area (Å²) in [7, 11) is 5.88. The summed E-state index contributed by atoms with van der Waals surface area (Å²) in [6.45, 7) is 0.438. The zero-order chi connectivity index (χ0) is 15.4. The first-order valence-electron chi connectivity index (χ1n) is 5.78. The number of hydrogen-bond donors (Lipinski definition) is 1. The molecule has 0 aromatic rings. The highest BCUT2D eigenvalue weighted by Gasteiger charge is 2.09. The van der Waals surface area contributed by atoms with Gasteiger partial charge in [-0.1, -0.05) is 0 Å². The Balaban J connectivity index is 4.41. The summed E-state index contributed by atoms with van der Waals surface area (Å²) in [5, 5.41) is 13.5. The van der Waals surface area contributed by atoms with Gasteiger partial charge in [-0.2, -0.15) is 0 Å². The van der Waals surface area contributed by atoms with Crippen LogP contribution in [-0.2, 0) is 18.9 Å². The van der Waals surface area contributed by atoms with Crippen molar-refractivity contribution in [3.63, 3.8) is 0 Å². The van der Waals surface area contributed by atoms with E-state index in [1.165, 1.54) is 34.6 Å². The molecule has 0 radical (unpaired) electrons. The summed E-state index contributed by atoms with van der Waals surface area (Å²) >= 11 is 0. The van der Waals surface area contributed by atoms with Crippen LogP contribution in [0.25, 0.3) is 0 Å². The molecular weight excluding hydrogens is 270 g/mol. The Hall–Kier alpha value is -1.55. The molecule has 1 N–H and O–H groups in total. The third-order valence-corrected chi connectivity index (χ3v) is 2.27. The van der Waals surface area contributed by atoms with E-state index >= 15 is 0 Å². The Labute approximate surface area is 117 Å². The Morgan fingerprint density at radius 2 is 1.75 bits per heavy atom. The standard InChI is InChI=1S/C11H21N3O6/c1-17-10(18-2)7-12-5-9(14(15)16)6-13-8-11(19-3)20-4/h5-6,10-12H,7-8H2,1-4H3/b9-5+,13-6?. The number of aliphatic imine (C=N–C) groups is 1. The van der Waals surface area contributed by atoms with Gasteiger partial charge >= 0.3 is 5.70 Å². The maximum Gasteiger partial charge on any atom is 0.302 e. The predicted molar refractivity (Wildman–Crippen MR) is 72.1 cm³/mol. The number of nitrogens with zero attached hydrogens (tertiary/aromatic N) is 2. The predicted octanol–water partition coefficient (Wildman–Crippen LogP) is 0.00270. The Morgan fingerprint density at radius 1 is 1.20 bits per heavy atom. The molecule has 20 heavy (non-hydrogen) atoms. The molecule has 0 atom stereocenters. The second-order valence-electron chi connectivity index (χ2n) is 3.53. The van der Waals surface area contributed by atoms with Crippen LogP contribution in [0.1, 0.15) is 0 Å². The molecule has 0 saturated carbocycles. The summed E-state index contributed by atoms with van der Waals surface area (Å²) < 4.78 is 19.7. The first kappa shape index (κ1) is 18.4. The van der Waals surface area contributed by atoms with Gasteiger partial charge in [0.15, 0.2) is 12.6 Å². The van der Waals surface area contributed by atoms with Crippen molar-refractivity contribution in [2.24, 2.45) is 4.99 Å². The molecule has 0 heterocycles. The molecule has 116 valence electrons. The lowest BCUT2D eigenvalue weighted by atomic mass is 10.5. The van der Waals surface area contributed by atoms with Crippen molar-refractivity contribution >= 4 is 6.21 Å². The number of methoxy groups -OCH3 is 4. The molecule has 0 aromatic heterocycles. The number of nitrogens with one attached hydrogen (secondary N) is 1. The number of ether oxygens (including phenoxy) is 4. The minimum Gasteiger partial charge on any atom is -0.380 e. The van der Waals surface area contributed by atoms with Crippen molar-refractivity contribution < 1.29 is 23.9 Å². The van der Waals surface area contributed by atoms with Crippen molar-refractivity contribution in [3.8, 4) is 0 Å². The van der Waals surface area contributed by atoms with Gasteiger partial charge in [0.2, 0.25) is 0 Å². The molecule has 0 fully saturated rings. The fraction of sp³-hybridized carbons (Fsp3) is 0.727. The smallest absolute Gasteiger partial charge is 0.302 e. The minimum absolute atomic E-state index is 0.164. The topological polar surface area (TPSA) is 104 Å². The summed E-state index contributed by atoms with van der Waals surface area (Å²) in [5.74, 6) is 0. The largest absolute Gasteiger partial charge is 0.380 e. The second kappa shape index (κ2) is 11.3. The number of rotatable bonds is 11. The van der Waals surface area contributed by atoms with E-state index in [0.29, 0.717) is 0 Å². The van der Waals surface area contributed by atoms with Gasteiger partial charge in [0.05, 0.1) is 24.2 Å². The van der Waals surface area contributed by atoms with Gasteiger partial charge in [-0.3, -0.25) is 15.1 Å². The Bertz CT molecular complexity index is 326. The van der Waals surface area contributed by atoms with Gasteiger partial charge in [-0.15, -0.1) is 0 Å². The number of nitro groups is 1. The van der Waals surface area contributed by atoms with Crippen molar-refractivity contribution in [1.82, 2.24) is 5.32 Å². The SMILES string of the molecule is COC(CN=C/C(=C\NCC(OC)OC)[N+](=O)[O-])OC. The Kier molecular flexibility index (Phi) is 10.4. The van der Waals surface area contributed by atoms with E-state index in [-0.39, 0.29) is 18.8 Å². The summed E-state index contributed by atoms with van der Waals surface area (Å²) in [5.41, 5.74) is -0.193. The molecule has 0 saturated heterocycles. The molecule has 9 nitrogen and oxygen atoms in total. The van der Waals surface area contributed by atoms with E-state index in [9.17, 15) is 10.1 Å². The zero-order valence-corrected chi connectivity index (χ0v) is 12.1. The summed E-state index contributed by atoms with van der Waals surface area (Å²) in [6.07, 6.45) is 1.34. The van der Waals surface area contributed by atoms with E-state index in [1.807, 2.05) is 0 Å². The third kappa shape index (κ3) is 7.79. The molecule has 0 spiro atoms. The number of hydrogen-bond acceptors (Lipinski definition) is 8.